The van der Waals surface area contributed by atoms with E-state index in [4.69, 9.17) is 0 Å². The van der Waals surface area contributed by atoms with E-state index in [0.717, 1.165) is 0 Å². The van der Waals surface area contributed by atoms with Crippen molar-refractivity contribution >= 4 is 28.3 Å². The second-order valence-corrected chi connectivity index (χ2v) is 8.00. The van der Waals surface area contributed by atoms with Crippen LogP contribution >= 0.6 is 12.4 Å². The Hall–Kier alpha value is -1.42. The largest absolute Gasteiger partial charge is 0.336 e. The molecule has 26 heavy (non-hydrogen) atoms. The summed E-state index contributed by atoms with van der Waals surface area (Å²) in [5, 5.41) is 3.20. The lowest BCUT2D eigenvalue weighted by molar-refractivity contribution is -0.134. The van der Waals surface area contributed by atoms with E-state index in [9.17, 15) is 18.0 Å². The van der Waals surface area contributed by atoms with Crippen LogP contribution in [0.5, 0.6) is 0 Å². The van der Waals surface area contributed by atoms with Crippen LogP contribution in [0, 0.1) is 0 Å². The number of amides is 1. The molecule has 1 amide bonds. The Bertz CT molecular complexity index is 777. The van der Waals surface area contributed by atoms with E-state index in [2.05, 4.69) is 5.32 Å². The van der Waals surface area contributed by atoms with Crippen LogP contribution in [0.1, 0.15) is 20.8 Å². The number of nitrogens with zero attached hydrogens (tertiary/aromatic N) is 3. The van der Waals surface area contributed by atoms with Crippen molar-refractivity contribution in [1.29, 1.82) is 0 Å². The zero-order valence-electron chi connectivity index (χ0n) is 15.3. The third kappa shape index (κ3) is 4.85. The van der Waals surface area contributed by atoms with Crippen LogP contribution in [0.2, 0.25) is 0 Å². The van der Waals surface area contributed by atoms with Crippen LogP contribution in [0.25, 0.3) is 0 Å². The van der Waals surface area contributed by atoms with Gasteiger partial charge in [-0.15, -0.1) is 12.4 Å². The molecule has 1 N–H and O–H groups in total. The molecule has 1 aliphatic heterocycles. The Balaban J connectivity index is 0.00000338. The third-order valence-electron chi connectivity index (χ3n) is 4.43. The number of carbonyl (C=O) groups is 1. The van der Waals surface area contributed by atoms with E-state index in [1.54, 1.807) is 18.7 Å². The van der Waals surface area contributed by atoms with Crippen molar-refractivity contribution in [2.24, 2.45) is 0 Å². The van der Waals surface area contributed by atoms with Crippen molar-refractivity contribution in [3.05, 3.63) is 28.7 Å². The molecule has 1 atom stereocenters. The number of pyridine rings is 1. The lowest BCUT2D eigenvalue weighted by Crippen LogP contribution is -2.53. The van der Waals surface area contributed by atoms with Gasteiger partial charge in [0.15, 0.2) is 0 Å². The van der Waals surface area contributed by atoms with Gasteiger partial charge >= 0.3 is 0 Å². The van der Waals surface area contributed by atoms with Crippen LogP contribution in [0.15, 0.2) is 28.0 Å². The average Bonchev–Trinajstić information content (AvgIpc) is 2.57. The lowest BCUT2D eigenvalue weighted by Gasteiger charge is -2.34. The summed E-state index contributed by atoms with van der Waals surface area (Å²) in [6.45, 7) is 7.96. The van der Waals surface area contributed by atoms with E-state index in [1.165, 1.54) is 27.2 Å². The zero-order valence-corrected chi connectivity index (χ0v) is 17.0. The highest BCUT2D eigenvalue weighted by Gasteiger charge is 2.25. The van der Waals surface area contributed by atoms with E-state index >= 15 is 0 Å². The molecule has 0 aromatic carbocycles. The van der Waals surface area contributed by atoms with E-state index in [1.807, 2.05) is 6.92 Å². The number of hydrogen-bond acceptors (Lipinski definition) is 5. The standard InChI is InChI=1S/C16H26N4O4S.ClH/c1-4-19(5-2)25(23,24)14-6-7-15(21)18(11-14)12-16(22)20-9-8-17-10-13(20)3;/h6-7,11,13,17H,4-5,8-10,12H2,1-3H3;1H/t13-;/m0./s1. The van der Waals surface area contributed by atoms with Gasteiger partial charge in [0.05, 0.1) is 4.90 Å². The first-order valence-electron chi connectivity index (χ1n) is 8.52. The molecule has 1 aliphatic rings. The van der Waals surface area contributed by atoms with Crippen molar-refractivity contribution < 1.29 is 13.2 Å². The number of carbonyl (C=O) groups excluding carboxylic acids is 1. The normalized spacial score (nSPS) is 17.8. The van der Waals surface area contributed by atoms with Gasteiger partial charge in [0.25, 0.3) is 5.56 Å². The molecule has 0 aliphatic carbocycles. The summed E-state index contributed by atoms with van der Waals surface area (Å²) >= 11 is 0. The molecule has 1 fully saturated rings. The fraction of sp³-hybridized carbons (Fsp3) is 0.625. The Morgan fingerprint density at radius 2 is 1.96 bits per heavy atom. The number of nitrogens with one attached hydrogen (secondary N) is 1. The summed E-state index contributed by atoms with van der Waals surface area (Å²) in [5.41, 5.74) is -0.394. The van der Waals surface area contributed by atoms with Crippen LogP contribution in [-0.4, -0.2) is 66.9 Å². The zero-order chi connectivity index (χ0) is 18.6. The maximum atomic E-state index is 12.6. The highest BCUT2D eigenvalue weighted by molar-refractivity contribution is 7.89. The summed E-state index contributed by atoms with van der Waals surface area (Å²) in [6, 6.07) is 2.54. The molecule has 0 radical (unpaired) electrons. The topological polar surface area (TPSA) is 91.7 Å². The number of halogens is 1. The second-order valence-electron chi connectivity index (χ2n) is 6.06. The van der Waals surface area contributed by atoms with Crippen molar-refractivity contribution in [3.8, 4) is 0 Å². The Kier molecular flexibility index (Phi) is 8.26. The molecule has 148 valence electrons. The average molecular weight is 407 g/mol. The summed E-state index contributed by atoms with van der Waals surface area (Å²) in [7, 11) is -3.67. The molecular formula is C16H27ClN4O4S. The van der Waals surface area contributed by atoms with Crippen molar-refractivity contribution in [2.75, 3.05) is 32.7 Å². The number of rotatable bonds is 6. The molecule has 1 saturated heterocycles. The molecule has 8 nitrogen and oxygen atoms in total. The maximum Gasteiger partial charge on any atom is 0.251 e. The van der Waals surface area contributed by atoms with Crippen molar-refractivity contribution in [3.63, 3.8) is 0 Å². The minimum Gasteiger partial charge on any atom is -0.336 e. The SMILES string of the molecule is CCN(CC)S(=O)(=O)c1ccc(=O)n(CC(=O)N2CCNC[C@@H]2C)c1.Cl. The Morgan fingerprint density at radius 3 is 2.54 bits per heavy atom. The molecule has 1 aromatic rings. The highest BCUT2D eigenvalue weighted by atomic mass is 35.5. The summed E-state index contributed by atoms with van der Waals surface area (Å²) in [4.78, 5) is 26.3. The van der Waals surface area contributed by atoms with E-state index in [0.29, 0.717) is 32.7 Å². The van der Waals surface area contributed by atoms with Gasteiger partial charge < -0.3 is 14.8 Å². The molecule has 0 spiro atoms. The number of aromatic nitrogens is 1. The first kappa shape index (κ1) is 22.6. The van der Waals surface area contributed by atoms with Crippen LogP contribution in [0.3, 0.4) is 0 Å². The van der Waals surface area contributed by atoms with Gasteiger partial charge in [-0.1, -0.05) is 13.8 Å². The van der Waals surface area contributed by atoms with Crippen molar-refractivity contribution in [1.82, 2.24) is 19.1 Å². The predicted octanol–water partition coefficient (Wildman–Crippen LogP) is 0.121. The number of hydrogen-bond donors (Lipinski definition) is 1. The monoisotopic (exact) mass is 406 g/mol. The fourth-order valence-electron chi connectivity index (χ4n) is 2.95. The number of piperazine rings is 1. The van der Waals surface area contributed by atoms with E-state index in [-0.39, 0.29) is 35.8 Å². The van der Waals surface area contributed by atoms with Gasteiger partial charge in [0, 0.05) is 51.0 Å². The van der Waals surface area contributed by atoms with Gasteiger partial charge in [-0.25, -0.2) is 8.42 Å². The summed E-state index contributed by atoms with van der Waals surface area (Å²) in [5.74, 6) is -0.187. The first-order valence-corrected chi connectivity index (χ1v) is 9.96. The summed E-state index contributed by atoms with van der Waals surface area (Å²) in [6.07, 6.45) is 1.26. The van der Waals surface area contributed by atoms with Gasteiger partial charge in [-0.3, -0.25) is 9.59 Å². The molecular weight excluding hydrogens is 380 g/mol. The molecule has 0 unspecified atom stereocenters. The highest BCUT2D eigenvalue weighted by Crippen LogP contribution is 2.14. The third-order valence-corrected chi connectivity index (χ3v) is 6.46. The Labute approximate surface area is 160 Å². The quantitative estimate of drug-likeness (QED) is 0.724. The molecule has 0 saturated carbocycles. The van der Waals surface area contributed by atoms with Crippen molar-refractivity contribution in [2.45, 2.75) is 38.3 Å². The molecule has 10 heteroatoms. The summed E-state index contributed by atoms with van der Waals surface area (Å²) < 4.78 is 27.7. The van der Waals surface area contributed by atoms with Gasteiger partial charge in [0.2, 0.25) is 15.9 Å². The van der Waals surface area contributed by atoms with Crippen LogP contribution in [0.4, 0.5) is 0 Å². The van der Waals surface area contributed by atoms with Crippen LogP contribution in [-0.2, 0) is 21.4 Å². The lowest BCUT2D eigenvalue weighted by atomic mass is 10.2. The minimum absolute atomic E-state index is 0. The smallest absolute Gasteiger partial charge is 0.251 e. The second kappa shape index (κ2) is 9.50. The Morgan fingerprint density at radius 1 is 1.31 bits per heavy atom. The first-order chi connectivity index (χ1) is 11.8. The number of sulfonamides is 1. The predicted molar refractivity (Wildman–Crippen MR) is 102 cm³/mol. The van der Waals surface area contributed by atoms with E-state index < -0.39 is 15.6 Å². The van der Waals surface area contributed by atoms with Gasteiger partial charge in [-0.05, 0) is 13.0 Å². The molecule has 1 aromatic heterocycles. The van der Waals surface area contributed by atoms with Gasteiger partial charge in [0.1, 0.15) is 6.54 Å². The fourth-order valence-corrected chi connectivity index (χ4v) is 4.42. The minimum atomic E-state index is -3.67. The molecule has 0 bridgehead atoms. The van der Waals surface area contributed by atoms with Crippen LogP contribution < -0.4 is 10.9 Å². The van der Waals surface area contributed by atoms with Gasteiger partial charge in [-0.2, -0.15) is 4.31 Å². The molecule has 2 heterocycles. The maximum absolute atomic E-state index is 12.6. The molecule has 2 rings (SSSR count).